The van der Waals surface area contributed by atoms with E-state index in [9.17, 15) is 9.18 Å². The standard InChI is InChI=1S/C23H24FN3O2S/c1-15-14-23(22(25)28,8-10-29-15)17-11-18(24)13-20(12-17)30-19-5-3-16(4-6-19)21-7-9-26-27(21)2/h3-7,9,11-13,15H,8,10,14H2,1-2H3,(H2,25,28)/t15-,23+/m0/s1. The zero-order valence-corrected chi connectivity index (χ0v) is 17.8. The molecule has 0 spiro atoms. The molecule has 4 rings (SSSR count). The molecule has 1 fully saturated rings. The van der Waals surface area contributed by atoms with Crippen LogP contribution in [0.2, 0.25) is 0 Å². The second-order valence-electron chi connectivity index (χ2n) is 7.72. The first-order valence-corrected chi connectivity index (χ1v) is 10.7. The summed E-state index contributed by atoms with van der Waals surface area (Å²) in [6, 6.07) is 14.8. The van der Waals surface area contributed by atoms with Gasteiger partial charge in [-0.25, -0.2) is 4.39 Å². The van der Waals surface area contributed by atoms with Gasteiger partial charge >= 0.3 is 0 Å². The van der Waals surface area contributed by atoms with Crippen LogP contribution < -0.4 is 5.73 Å². The Balaban J connectivity index is 1.62. The van der Waals surface area contributed by atoms with Crippen molar-refractivity contribution in [1.82, 2.24) is 9.78 Å². The van der Waals surface area contributed by atoms with Crippen LogP contribution in [0.5, 0.6) is 0 Å². The van der Waals surface area contributed by atoms with Crippen molar-refractivity contribution in [2.45, 2.75) is 41.1 Å². The predicted octanol–water partition coefficient (Wildman–Crippen LogP) is 4.30. The van der Waals surface area contributed by atoms with Gasteiger partial charge in [-0.3, -0.25) is 9.48 Å². The topological polar surface area (TPSA) is 70.1 Å². The van der Waals surface area contributed by atoms with Crippen molar-refractivity contribution in [3.63, 3.8) is 0 Å². The summed E-state index contributed by atoms with van der Waals surface area (Å²) < 4.78 is 21.9. The number of benzene rings is 2. The molecule has 0 unspecified atom stereocenters. The summed E-state index contributed by atoms with van der Waals surface area (Å²) in [7, 11) is 1.90. The molecule has 156 valence electrons. The molecule has 2 N–H and O–H groups in total. The Labute approximate surface area is 179 Å². The van der Waals surface area contributed by atoms with E-state index < -0.39 is 11.3 Å². The molecule has 2 aromatic carbocycles. The molecule has 5 nitrogen and oxygen atoms in total. The van der Waals surface area contributed by atoms with E-state index >= 15 is 0 Å². The number of hydrogen-bond acceptors (Lipinski definition) is 4. The van der Waals surface area contributed by atoms with Crippen molar-refractivity contribution >= 4 is 17.7 Å². The first-order chi connectivity index (χ1) is 14.4. The lowest BCUT2D eigenvalue weighted by Crippen LogP contribution is -2.47. The van der Waals surface area contributed by atoms with Crippen LogP contribution in [-0.2, 0) is 22.0 Å². The van der Waals surface area contributed by atoms with Crippen molar-refractivity contribution in [2.24, 2.45) is 12.8 Å². The van der Waals surface area contributed by atoms with Crippen molar-refractivity contribution in [3.05, 3.63) is 66.1 Å². The fraction of sp³-hybridized carbons (Fsp3) is 0.304. The number of rotatable bonds is 5. The number of amides is 1. The van der Waals surface area contributed by atoms with Gasteiger partial charge in [0.2, 0.25) is 5.91 Å². The highest BCUT2D eigenvalue weighted by Gasteiger charge is 2.43. The molecule has 0 aliphatic carbocycles. The number of aromatic nitrogens is 2. The van der Waals surface area contributed by atoms with Gasteiger partial charge in [-0.15, -0.1) is 0 Å². The van der Waals surface area contributed by atoms with Crippen LogP contribution in [0.3, 0.4) is 0 Å². The van der Waals surface area contributed by atoms with Crippen molar-refractivity contribution in [1.29, 1.82) is 0 Å². The van der Waals surface area contributed by atoms with Gasteiger partial charge in [-0.2, -0.15) is 5.10 Å². The number of hydrogen-bond donors (Lipinski definition) is 1. The Morgan fingerprint density at radius 1 is 1.23 bits per heavy atom. The lowest BCUT2D eigenvalue weighted by Gasteiger charge is -2.38. The van der Waals surface area contributed by atoms with E-state index in [1.54, 1.807) is 6.20 Å². The number of carbonyl (C=O) groups is 1. The Hall–Kier alpha value is -2.64. The van der Waals surface area contributed by atoms with Crippen LogP contribution in [0.15, 0.2) is 64.5 Å². The van der Waals surface area contributed by atoms with E-state index in [0.29, 0.717) is 25.0 Å². The maximum atomic E-state index is 14.5. The van der Waals surface area contributed by atoms with E-state index in [2.05, 4.69) is 5.10 Å². The first-order valence-electron chi connectivity index (χ1n) is 9.86. The Morgan fingerprint density at radius 2 is 2.00 bits per heavy atom. The summed E-state index contributed by atoms with van der Waals surface area (Å²) in [6.45, 7) is 2.34. The molecule has 0 bridgehead atoms. The van der Waals surface area contributed by atoms with Gasteiger partial charge in [-0.05, 0) is 67.3 Å². The minimum atomic E-state index is -0.904. The Bertz CT molecular complexity index is 1070. The van der Waals surface area contributed by atoms with E-state index in [0.717, 1.165) is 21.0 Å². The number of ether oxygens (including phenoxy) is 1. The number of halogens is 1. The van der Waals surface area contributed by atoms with Gasteiger partial charge in [0.25, 0.3) is 0 Å². The van der Waals surface area contributed by atoms with Gasteiger partial charge in [0, 0.05) is 29.6 Å². The first kappa shape index (κ1) is 20.6. The van der Waals surface area contributed by atoms with Crippen LogP contribution in [-0.4, -0.2) is 28.4 Å². The summed E-state index contributed by atoms with van der Waals surface area (Å²) in [5, 5.41) is 4.20. The van der Waals surface area contributed by atoms with Gasteiger partial charge < -0.3 is 10.5 Å². The smallest absolute Gasteiger partial charge is 0.228 e. The van der Waals surface area contributed by atoms with E-state index in [-0.39, 0.29) is 11.9 Å². The average molecular weight is 426 g/mol. The van der Waals surface area contributed by atoms with E-state index in [4.69, 9.17) is 10.5 Å². The maximum Gasteiger partial charge on any atom is 0.228 e. The van der Waals surface area contributed by atoms with Crippen LogP contribution in [0.4, 0.5) is 4.39 Å². The molecule has 0 radical (unpaired) electrons. The number of aryl methyl sites for hydroxylation is 1. The second kappa shape index (κ2) is 8.24. The van der Waals surface area contributed by atoms with E-state index in [1.165, 1.54) is 23.9 Å². The third-order valence-corrected chi connectivity index (χ3v) is 6.65. The largest absolute Gasteiger partial charge is 0.378 e. The number of nitrogens with zero attached hydrogens (tertiary/aromatic N) is 2. The van der Waals surface area contributed by atoms with Crippen LogP contribution in [0, 0.1) is 5.82 Å². The summed E-state index contributed by atoms with van der Waals surface area (Å²) in [5.74, 6) is -0.805. The third kappa shape index (κ3) is 4.00. The molecule has 1 aliphatic rings. The molecule has 30 heavy (non-hydrogen) atoms. The van der Waals surface area contributed by atoms with Crippen molar-refractivity contribution in [2.75, 3.05) is 6.61 Å². The van der Waals surface area contributed by atoms with Gasteiger partial charge in [-0.1, -0.05) is 23.9 Å². The third-order valence-electron chi connectivity index (χ3n) is 5.67. The average Bonchev–Trinajstić information content (AvgIpc) is 3.14. The summed E-state index contributed by atoms with van der Waals surface area (Å²) in [6.07, 6.45) is 2.57. The molecule has 1 amide bonds. The number of carbonyl (C=O) groups excluding carboxylic acids is 1. The summed E-state index contributed by atoms with van der Waals surface area (Å²) >= 11 is 1.46. The highest BCUT2D eigenvalue weighted by atomic mass is 32.2. The van der Waals surface area contributed by atoms with E-state index in [1.807, 2.05) is 55.1 Å². The van der Waals surface area contributed by atoms with Crippen LogP contribution >= 0.6 is 11.8 Å². The highest BCUT2D eigenvalue weighted by molar-refractivity contribution is 7.99. The van der Waals surface area contributed by atoms with Crippen molar-refractivity contribution in [3.8, 4) is 11.3 Å². The summed E-state index contributed by atoms with van der Waals surface area (Å²) in [5.41, 5.74) is 7.60. The molecule has 1 aliphatic heterocycles. The molecule has 1 saturated heterocycles. The second-order valence-corrected chi connectivity index (χ2v) is 8.87. The highest BCUT2D eigenvalue weighted by Crippen LogP contribution is 2.40. The predicted molar refractivity (Wildman–Crippen MR) is 115 cm³/mol. The quantitative estimate of drug-likeness (QED) is 0.662. The Morgan fingerprint density at radius 3 is 2.63 bits per heavy atom. The molecular formula is C23H24FN3O2S. The van der Waals surface area contributed by atoms with Crippen LogP contribution in [0.25, 0.3) is 11.3 Å². The normalized spacial score (nSPS) is 21.5. The lowest BCUT2D eigenvalue weighted by atomic mass is 9.72. The zero-order valence-electron chi connectivity index (χ0n) is 17.0. The zero-order chi connectivity index (χ0) is 21.3. The molecule has 7 heteroatoms. The Kier molecular flexibility index (Phi) is 5.66. The fourth-order valence-electron chi connectivity index (χ4n) is 4.10. The van der Waals surface area contributed by atoms with Crippen molar-refractivity contribution < 1.29 is 13.9 Å². The molecule has 0 saturated carbocycles. The number of primary amides is 1. The minimum absolute atomic E-state index is 0.106. The van der Waals surface area contributed by atoms with Gasteiger partial charge in [0.15, 0.2) is 0 Å². The van der Waals surface area contributed by atoms with Crippen LogP contribution in [0.1, 0.15) is 25.3 Å². The number of nitrogens with two attached hydrogens (primary N) is 1. The monoisotopic (exact) mass is 425 g/mol. The molecule has 1 aromatic heterocycles. The van der Waals surface area contributed by atoms with Gasteiger partial charge in [0.1, 0.15) is 5.82 Å². The summed E-state index contributed by atoms with van der Waals surface area (Å²) in [4.78, 5) is 14.1. The molecule has 2 heterocycles. The lowest BCUT2D eigenvalue weighted by molar-refractivity contribution is -0.129. The SMILES string of the molecule is C[C@H]1C[C@@](C(N)=O)(c2cc(F)cc(Sc3ccc(-c4ccnn4C)cc3)c2)CCO1. The molecule has 2 atom stereocenters. The fourth-order valence-corrected chi connectivity index (χ4v) is 5.00. The molecular weight excluding hydrogens is 401 g/mol. The van der Waals surface area contributed by atoms with Gasteiger partial charge in [0.05, 0.1) is 17.2 Å². The molecule has 3 aromatic rings. The maximum absolute atomic E-state index is 14.5. The minimum Gasteiger partial charge on any atom is -0.378 e.